The highest BCUT2D eigenvalue weighted by atomic mass is 31.1. The minimum atomic E-state index is -0.467. The van der Waals surface area contributed by atoms with Crippen LogP contribution in [-0.4, -0.2) is 16.8 Å². The van der Waals surface area contributed by atoms with E-state index in [-0.39, 0.29) is 5.41 Å². The lowest BCUT2D eigenvalue weighted by Gasteiger charge is -2.30. The van der Waals surface area contributed by atoms with Crippen molar-refractivity contribution in [1.82, 2.24) is 0 Å². The van der Waals surface area contributed by atoms with Gasteiger partial charge in [-0.25, -0.2) is 0 Å². The number of rotatable bonds is 3. The van der Waals surface area contributed by atoms with Crippen LogP contribution in [0.5, 0.6) is 0 Å². The monoisotopic (exact) mass is 202 g/mol. The molecule has 2 heteroatoms. The molecule has 0 rings (SSSR count). The molecule has 0 spiro atoms. The Kier molecular flexibility index (Phi) is 4.59. The van der Waals surface area contributed by atoms with Crippen LogP contribution in [0.15, 0.2) is 0 Å². The standard InChI is InChI=1S/C11H23OP/c1-8(2)13(9(3)4)10(12)11(5,6)7/h8-9H,1-7H3. The van der Waals surface area contributed by atoms with E-state index >= 15 is 0 Å². The van der Waals surface area contributed by atoms with E-state index in [0.29, 0.717) is 16.8 Å². The first kappa shape index (κ1) is 13.1. The maximum absolute atomic E-state index is 12.1. The molecule has 13 heavy (non-hydrogen) atoms. The summed E-state index contributed by atoms with van der Waals surface area (Å²) in [5, 5.41) is 0. The normalized spacial score (nSPS) is 13.1. The molecule has 0 fully saturated rings. The predicted octanol–water partition coefficient (Wildman–Crippen LogP) is 3.86. The Bertz CT molecular complexity index is 169. The highest BCUT2D eigenvalue weighted by molar-refractivity contribution is 7.76. The molecule has 0 aromatic carbocycles. The highest BCUT2D eigenvalue weighted by Gasteiger charge is 2.32. The van der Waals surface area contributed by atoms with Crippen LogP contribution in [0.25, 0.3) is 0 Å². The van der Waals surface area contributed by atoms with Gasteiger partial charge in [-0.2, -0.15) is 0 Å². The van der Waals surface area contributed by atoms with E-state index in [1.807, 2.05) is 20.8 Å². The second-order valence-electron chi connectivity index (χ2n) is 5.15. The first-order valence-electron chi connectivity index (χ1n) is 5.00. The van der Waals surface area contributed by atoms with Crippen molar-refractivity contribution >= 4 is 13.4 Å². The molecular weight excluding hydrogens is 179 g/mol. The topological polar surface area (TPSA) is 17.1 Å². The first-order chi connectivity index (χ1) is 5.68. The van der Waals surface area contributed by atoms with Crippen LogP contribution in [0, 0.1) is 5.41 Å². The van der Waals surface area contributed by atoms with Crippen LogP contribution in [0.3, 0.4) is 0 Å². The summed E-state index contributed by atoms with van der Waals surface area (Å²) >= 11 is 0. The zero-order valence-corrected chi connectivity index (χ0v) is 10.9. The predicted molar refractivity (Wildman–Crippen MR) is 61.7 cm³/mol. The minimum absolute atomic E-state index is 0.166. The minimum Gasteiger partial charge on any atom is -0.294 e. The number of carbonyl (C=O) groups excluding carboxylic acids is 1. The van der Waals surface area contributed by atoms with E-state index in [2.05, 4.69) is 27.7 Å². The molecule has 0 saturated carbocycles. The summed E-state index contributed by atoms with van der Waals surface area (Å²) in [4.78, 5) is 12.1. The number of hydrogen-bond acceptors (Lipinski definition) is 1. The van der Waals surface area contributed by atoms with Crippen molar-refractivity contribution in [2.24, 2.45) is 5.41 Å². The first-order valence-corrected chi connectivity index (χ1v) is 6.48. The maximum atomic E-state index is 12.1. The Hall–Kier alpha value is 0.100. The zero-order chi connectivity index (χ0) is 10.8. The van der Waals surface area contributed by atoms with E-state index in [1.54, 1.807) is 0 Å². The van der Waals surface area contributed by atoms with Gasteiger partial charge in [0.25, 0.3) is 0 Å². The molecule has 0 N–H and O–H groups in total. The Labute approximate surface area is 84.0 Å². The van der Waals surface area contributed by atoms with Gasteiger partial charge in [0, 0.05) is 5.41 Å². The Morgan fingerprint density at radius 2 is 1.31 bits per heavy atom. The molecule has 0 heterocycles. The van der Waals surface area contributed by atoms with Gasteiger partial charge in [0.15, 0.2) is 5.52 Å². The van der Waals surface area contributed by atoms with Crippen molar-refractivity contribution in [3.63, 3.8) is 0 Å². The van der Waals surface area contributed by atoms with Gasteiger partial charge < -0.3 is 0 Å². The van der Waals surface area contributed by atoms with Crippen LogP contribution in [-0.2, 0) is 4.79 Å². The summed E-state index contributed by atoms with van der Waals surface area (Å²) in [7, 11) is -0.467. The Morgan fingerprint density at radius 3 is 1.38 bits per heavy atom. The molecule has 0 bridgehead atoms. The summed E-state index contributed by atoms with van der Waals surface area (Å²) in [6.45, 7) is 14.7. The van der Waals surface area contributed by atoms with Crippen molar-refractivity contribution in [2.75, 3.05) is 0 Å². The van der Waals surface area contributed by atoms with Crippen molar-refractivity contribution < 1.29 is 4.79 Å². The lowest BCUT2D eigenvalue weighted by Crippen LogP contribution is -2.24. The van der Waals surface area contributed by atoms with E-state index < -0.39 is 7.92 Å². The van der Waals surface area contributed by atoms with Gasteiger partial charge in [0.05, 0.1) is 0 Å². The largest absolute Gasteiger partial charge is 0.294 e. The molecule has 0 aromatic heterocycles. The molecule has 0 aliphatic carbocycles. The van der Waals surface area contributed by atoms with Crippen molar-refractivity contribution in [1.29, 1.82) is 0 Å². The Balaban J connectivity index is 4.68. The van der Waals surface area contributed by atoms with E-state index in [0.717, 1.165) is 0 Å². The SMILES string of the molecule is CC(C)P(C(=O)C(C)(C)C)C(C)C. The van der Waals surface area contributed by atoms with Crippen LogP contribution >= 0.6 is 7.92 Å². The quantitative estimate of drug-likeness (QED) is 0.635. The molecule has 0 amide bonds. The van der Waals surface area contributed by atoms with Gasteiger partial charge >= 0.3 is 0 Å². The van der Waals surface area contributed by atoms with Gasteiger partial charge in [0.1, 0.15) is 0 Å². The van der Waals surface area contributed by atoms with E-state index in [4.69, 9.17) is 0 Å². The van der Waals surface area contributed by atoms with Gasteiger partial charge in [-0.15, -0.1) is 0 Å². The average Bonchev–Trinajstić information content (AvgIpc) is 1.82. The third-order valence-electron chi connectivity index (χ3n) is 1.99. The highest BCUT2D eigenvalue weighted by Crippen LogP contribution is 2.51. The summed E-state index contributed by atoms with van der Waals surface area (Å²) in [5.41, 5.74) is 1.33. The molecule has 78 valence electrons. The second kappa shape index (κ2) is 4.55. The van der Waals surface area contributed by atoms with Crippen molar-refractivity contribution in [3.05, 3.63) is 0 Å². The van der Waals surface area contributed by atoms with Crippen LogP contribution in [0.4, 0.5) is 0 Å². The average molecular weight is 202 g/mol. The fraction of sp³-hybridized carbons (Fsp3) is 0.909. The zero-order valence-electron chi connectivity index (χ0n) is 10.0. The molecule has 0 atom stereocenters. The third-order valence-corrected chi connectivity index (χ3v) is 5.35. The van der Waals surface area contributed by atoms with Gasteiger partial charge in [-0.05, 0) is 19.2 Å². The number of hydrogen-bond donors (Lipinski definition) is 0. The Morgan fingerprint density at radius 1 is 1.00 bits per heavy atom. The third kappa shape index (κ3) is 3.77. The smallest absolute Gasteiger partial charge is 0.160 e. The summed E-state index contributed by atoms with van der Waals surface area (Å²) in [5.74, 6) is 0. The molecule has 0 aromatic rings. The van der Waals surface area contributed by atoms with Crippen LogP contribution in [0.1, 0.15) is 48.5 Å². The molecule has 0 radical (unpaired) electrons. The number of carbonyl (C=O) groups is 1. The molecule has 0 aliphatic rings. The maximum Gasteiger partial charge on any atom is 0.160 e. The van der Waals surface area contributed by atoms with Gasteiger partial charge in [0.2, 0.25) is 0 Å². The molecule has 0 saturated heterocycles. The molecule has 1 nitrogen and oxygen atoms in total. The van der Waals surface area contributed by atoms with Crippen LogP contribution in [0.2, 0.25) is 0 Å². The fourth-order valence-electron chi connectivity index (χ4n) is 1.45. The van der Waals surface area contributed by atoms with Gasteiger partial charge in [-0.1, -0.05) is 48.5 Å². The van der Waals surface area contributed by atoms with Crippen LogP contribution < -0.4 is 0 Å². The van der Waals surface area contributed by atoms with Crippen molar-refractivity contribution in [2.45, 2.75) is 59.8 Å². The molecular formula is C11H23OP. The molecule has 0 unspecified atom stereocenters. The molecule has 0 aliphatic heterocycles. The van der Waals surface area contributed by atoms with E-state index in [1.165, 1.54) is 0 Å². The lowest BCUT2D eigenvalue weighted by molar-refractivity contribution is -0.118. The van der Waals surface area contributed by atoms with E-state index in [9.17, 15) is 4.79 Å². The summed E-state index contributed by atoms with van der Waals surface area (Å²) in [6.07, 6.45) is 0. The van der Waals surface area contributed by atoms with Crippen molar-refractivity contribution in [3.8, 4) is 0 Å². The fourth-order valence-corrected chi connectivity index (χ4v) is 4.36. The summed E-state index contributed by atoms with van der Waals surface area (Å²) in [6, 6.07) is 0. The lowest BCUT2D eigenvalue weighted by atomic mass is 9.99. The second-order valence-corrected chi connectivity index (χ2v) is 8.44. The summed E-state index contributed by atoms with van der Waals surface area (Å²) < 4.78 is 0. The van der Waals surface area contributed by atoms with Gasteiger partial charge in [-0.3, -0.25) is 4.79 Å².